The summed E-state index contributed by atoms with van der Waals surface area (Å²) >= 11 is 0. The highest BCUT2D eigenvalue weighted by Gasteiger charge is 2.41. The molecule has 3 fully saturated rings. The highest BCUT2D eigenvalue weighted by atomic mass is 35.5. The summed E-state index contributed by atoms with van der Waals surface area (Å²) in [6, 6.07) is 0. The molecule has 2 amide bonds. The zero-order chi connectivity index (χ0) is 17.2. The summed E-state index contributed by atoms with van der Waals surface area (Å²) in [6.45, 7) is 9.76. The highest BCUT2D eigenvalue weighted by Crippen LogP contribution is 2.31. The molecule has 3 heterocycles. The maximum Gasteiger partial charge on any atom is 0.228 e. The number of nitrogens with zero attached hydrogens (tertiary/aromatic N) is 3. The molecule has 2 atom stereocenters. The maximum absolute atomic E-state index is 12.7. The molecule has 2 unspecified atom stereocenters. The molecule has 3 rings (SSSR count). The lowest BCUT2D eigenvalue weighted by Crippen LogP contribution is -2.42. The van der Waals surface area contributed by atoms with Crippen LogP contribution in [0.25, 0.3) is 0 Å². The van der Waals surface area contributed by atoms with Crippen LogP contribution in [0.2, 0.25) is 0 Å². The van der Waals surface area contributed by atoms with Gasteiger partial charge in [0.1, 0.15) is 0 Å². The lowest BCUT2D eigenvalue weighted by molar-refractivity contribution is -0.135. The molecule has 3 aliphatic rings. The van der Waals surface area contributed by atoms with Crippen molar-refractivity contribution in [3.8, 4) is 0 Å². The van der Waals surface area contributed by atoms with Gasteiger partial charge in [-0.1, -0.05) is 6.92 Å². The number of halogens is 2. The first kappa shape index (κ1) is 23.4. The molecular weight excluding hydrogens is 379 g/mol. The average Bonchev–Trinajstić information content (AvgIpc) is 3.17. The summed E-state index contributed by atoms with van der Waals surface area (Å²) in [6.07, 6.45) is 1.31. The first-order valence-corrected chi connectivity index (χ1v) is 9.07. The van der Waals surface area contributed by atoms with Gasteiger partial charge in [0, 0.05) is 52.2 Å². The molecule has 0 radical (unpaired) electrons. The Hall–Kier alpha value is -0.600. The number of rotatable bonds is 5. The number of carbonyl (C=O) groups is 2. The van der Waals surface area contributed by atoms with E-state index in [1.165, 1.54) is 0 Å². The quantitative estimate of drug-likeness (QED) is 0.700. The number of hydrogen-bond donors (Lipinski definition) is 1. The van der Waals surface area contributed by atoms with Gasteiger partial charge in [-0.25, -0.2) is 0 Å². The van der Waals surface area contributed by atoms with Crippen LogP contribution in [0, 0.1) is 11.3 Å². The minimum atomic E-state index is -0.178. The fourth-order valence-corrected chi connectivity index (χ4v) is 3.88. The van der Waals surface area contributed by atoms with Crippen molar-refractivity contribution in [2.75, 3.05) is 65.6 Å². The van der Waals surface area contributed by atoms with Gasteiger partial charge >= 0.3 is 0 Å². The molecule has 9 heteroatoms. The molecule has 152 valence electrons. The van der Waals surface area contributed by atoms with E-state index in [1.807, 2.05) is 9.80 Å². The van der Waals surface area contributed by atoms with Crippen LogP contribution in [0.3, 0.4) is 0 Å². The van der Waals surface area contributed by atoms with Crippen molar-refractivity contribution in [1.82, 2.24) is 14.7 Å². The first-order chi connectivity index (χ1) is 11.5. The molecule has 0 saturated carbocycles. The third-order valence-electron chi connectivity index (χ3n) is 5.72. The molecule has 0 aliphatic carbocycles. The Morgan fingerprint density at radius 2 is 1.92 bits per heavy atom. The lowest BCUT2D eigenvalue weighted by atomic mass is 9.90. The summed E-state index contributed by atoms with van der Waals surface area (Å²) in [5.74, 6) is 0.0686. The Balaban J connectivity index is 0.00000169. The van der Waals surface area contributed by atoms with Crippen molar-refractivity contribution in [1.29, 1.82) is 0 Å². The van der Waals surface area contributed by atoms with Gasteiger partial charge < -0.3 is 20.3 Å². The van der Waals surface area contributed by atoms with Crippen LogP contribution < -0.4 is 5.73 Å². The van der Waals surface area contributed by atoms with Crippen LogP contribution in [-0.2, 0) is 14.3 Å². The van der Waals surface area contributed by atoms with Gasteiger partial charge in [-0.3, -0.25) is 14.5 Å². The second kappa shape index (κ2) is 10.1. The van der Waals surface area contributed by atoms with Crippen LogP contribution in [0.1, 0.15) is 19.8 Å². The zero-order valence-electron chi connectivity index (χ0n) is 15.5. The molecule has 0 bridgehead atoms. The normalized spacial score (nSPS) is 29.5. The standard InChI is InChI=1S/C17H30N4O3.2ClH/c1-17(12-18)2-3-21(13-17)16(23)14-10-15(22)20(11-14)5-4-19-6-8-24-9-7-19;;/h14H,2-13,18H2,1H3;2*1H. The van der Waals surface area contributed by atoms with Crippen LogP contribution in [-0.4, -0.2) is 92.1 Å². The molecule has 0 aromatic rings. The smallest absolute Gasteiger partial charge is 0.228 e. The Bertz CT molecular complexity index is 491. The van der Waals surface area contributed by atoms with Crippen LogP contribution in [0.5, 0.6) is 0 Å². The molecule has 0 aromatic heterocycles. The van der Waals surface area contributed by atoms with Gasteiger partial charge in [0.05, 0.1) is 19.1 Å². The summed E-state index contributed by atoms with van der Waals surface area (Å²) < 4.78 is 5.34. The maximum atomic E-state index is 12.7. The van der Waals surface area contributed by atoms with E-state index in [0.717, 1.165) is 52.4 Å². The van der Waals surface area contributed by atoms with E-state index in [9.17, 15) is 9.59 Å². The molecule has 0 spiro atoms. The fraction of sp³-hybridized carbons (Fsp3) is 0.882. The second-order valence-corrected chi connectivity index (χ2v) is 7.72. The summed E-state index contributed by atoms with van der Waals surface area (Å²) in [4.78, 5) is 31.1. The van der Waals surface area contributed by atoms with E-state index < -0.39 is 0 Å². The summed E-state index contributed by atoms with van der Waals surface area (Å²) in [7, 11) is 0. The minimum Gasteiger partial charge on any atom is -0.379 e. The van der Waals surface area contributed by atoms with Crippen molar-refractivity contribution < 1.29 is 14.3 Å². The van der Waals surface area contributed by atoms with Crippen molar-refractivity contribution in [2.24, 2.45) is 17.1 Å². The van der Waals surface area contributed by atoms with E-state index in [1.54, 1.807) is 0 Å². The number of hydrogen-bond acceptors (Lipinski definition) is 5. The number of ether oxygens (including phenoxy) is 1. The molecular formula is C17H32Cl2N4O3. The molecule has 3 saturated heterocycles. The number of amides is 2. The predicted molar refractivity (Wildman–Crippen MR) is 105 cm³/mol. The Labute approximate surface area is 168 Å². The van der Waals surface area contributed by atoms with Gasteiger partial charge in [-0.2, -0.15) is 0 Å². The second-order valence-electron chi connectivity index (χ2n) is 7.72. The predicted octanol–water partition coefficient (Wildman–Crippen LogP) is 0.208. The number of morpholine rings is 1. The molecule has 3 aliphatic heterocycles. The van der Waals surface area contributed by atoms with Crippen LogP contribution in [0.4, 0.5) is 0 Å². The average molecular weight is 411 g/mol. The van der Waals surface area contributed by atoms with Crippen LogP contribution in [0.15, 0.2) is 0 Å². The van der Waals surface area contributed by atoms with Gasteiger partial charge in [-0.15, -0.1) is 24.8 Å². The van der Waals surface area contributed by atoms with Crippen molar-refractivity contribution in [3.63, 3.8) is 0 Å². The minimum absolute atomic E-state index is 0. The molecule has 2 N–H and O–H groups in total. The number of likely N-dealkylation sites (tertiary alicyclic amines) is 2. The summed E-state index contributed by atoms with van der Waals surface area (Å²) in [5.41, 5.74) is 5.86. The van der Waals surface area contributed by atoms with E-state index in [2.05, 4.69) is 11.8 Å². The van der Waals surface area contributed by atoms with E-state index in [-0.39, 0.29) is 48.0 Å². The Kier molecular flexibility index (Phi) is 9.09. The third kappa shape index (κ3) is 5.45. The first-order valence-electron chi connectivity index (χ1n) is 9.07. The zero-order valence-corrected chi connectivity index (χ0v) is 17.2. The van der Waals surface area contributed by atoms with Gasteiger partial charge in [0.2, 0.25) is 11.8 Å². The van der Waals surface area contributed by atoms with E-state index in [0.29, 0.717) is 26.1 Å². The van der Waals surface area contributed by atoms with Crippen LogP contribution >= 0.6 is 24.8 Å². The Morgan fingerprint density at radius 1 is 1.23 bits per heavy atom. The highest BCUT2D eigenvalue weighted by molar-refractivity contribution is 5.89. The summed E-state index contributed by atoms with van der Waals surface area (Å²) in [5, 5.41) is 0. The molecule has 26 heavy (non-hydrogen) atoms. The number of nitrogens with two attached hydrogens (primary N) is 1. The monoisotopic (exact) mass is 410 g/mol. The number of carbonyl (C=O) groups excluding carboxylic acids is 2. The van der Waals surface area contributed by atoms with E-state index >= 15 is 0 Å². The van der Waals surface area contributed by atoms with Crippen molar-refractivity contribution in [3.05, 3.63) is 0 Å². The SMILES string of the molecule is CC1(CN)CCN(C(=O)C2CC(=O)N(CCN3CCOCC3)C2)C1.Cl.Cl. The van der Waals surface area contributed by atoms with Crippen molar-refractivity contribution >= 4 is 36.6 Å². The largest absolute Gasteiger partial charge is 0.379 e. The third-order valence-corrected chi connectivity index (χ3v) is 5.72. The van der Waals surface area contributed by atoms with Crippen molar-refractivity contribution in [2.45, 2.75) is 19.8 Å². The molecule has 7 nitrogen and oxygen atoms in total. The Morgan fingerprint density at radius 3 is 2.54 bits per heavy atom. The fourth-order valence-electron chi connectivity index (χ4n) is 3.88. The van der Waals surface area contributed by atoms with Gasteiger partial charge in [0.15, 0.2) is 0 Å². The van der Waals surface area contributed by atoms with E-state index in [4.69, 9.17) is 10.5 Å². The topological polar surface area (TPSA) is 79.1 Å². The van der Waals surface area contributed by atoms with Gasteiger partial charge in [0.25, 0.3) is 0 Å². The van der Waals surface area contributed by atoms with Gasteiger partial charge in [-0.05, 0) is 18.4 Å². The lowest BCUT2D eigenvalue weighted by Gasteiger charge is -2.28. The molecule has 0 aromatic carbocycles.